The highest BCUT2D eigenvalue weighted by Gasteiger charge is 2.31. The first-order valence-electron chi connectivity index (χ1n) is 5.03. The molecule has 0 spiro atoms. The minimum Gasteiger partial charge on any atom is -0.311 e. The summed E-state index contributed by atoms with van der Waals surface area (Å²) in [4.78, 5) is 13.2. The molecule has 1 aromatic carbocycles. The van der Waals surface area contributed by atoms with Crippen LogP contribution in [-0.2, 0) is 4.79 Å². The van der Waals surface area contributed by atoms with Crippen molar-refractivity contribution in [3.05, 3.63) is 28.2 Å². The van der Waals surface area contributed by atoms with Gasteiger partial charge in [0.1, 0.15) is 11.6 Å². The number of halogens is 4. The van der Waals surface area contributed by atoms with Crippen molar-refractivity contribution in [3.63, 3.8) is 0 Å². The van der Waals surface area contributed by atoms with Crippen LogP contribution >= 0.6 is 31.9 Å². The van der Waals surface area contributed by atoms with E-state index in [1.54, 1.807) is 0 Å². The molecule has 1 saturated heterocycles. The average molecular weight is 369 g/mol. The van der Waals surface area contributed by atoms with Gasteiger partial charge in [-0.1, -0.05) is 15.9 Å². The molecule has 1 heterocycles. The van der Waals surface area contributed by atoms with Gasteiger partial charge in [0.15, 0.2) is 0 Å². The van der Waals surface area contributed by atoms with Crippen LogP contribution in [-0.4, -0.2) is 17.8 Å². The fourth-order valence-corrected chi connectivity index (χ4v) is 2.73. The summed E-state index contributed by atoms with van der Waals surface area (Å²) in [6.07, 6.45) is 0.399. The van der Waals surface area contributed by atoms with Crippen molar-refractivity contribution >= 4 is 43.5 Å². The van der Waals surface area contributed by atoms with E-state index in [-0.39, 0.29) is 22.0 Å². The van der Waals surface area contributed by atoms with Crippen molar-refractivity contribution < 1.29 is 13.6 Å². The van der Waals surface area contributed by atoms with Crippen molar-refractivity contribution in [2.45, 2.75) is 6.42 Å². The third-order valence-corrected chi connectivity index (χ3v) is 4.39. The van der Waals surface area contributed by atoms with Crippen LogP contribution in [0.25, 0.3) is 0 Å². The zero-order valence-electron chi connectivity index (χ0n) is 8.72. The molecule has 1 aromatic rings. The maximum atomic E-state index is 13.4. The van der Waals surface area contributed by atoms with Gasteiger partial charge in [0.25, 0.3) is 0 Å². The first kappa shape index (κ1) is 13.0. The molecule has 0 saturated carbocycles. The van der Waals surface area contributed by atoms with Crippen molar-refractivity contribution in [3.8, 4) is 0 Å². The zero-order valence-corrected chi connectivity index (χ0v) is 11.9. The molecule has 1 unspecified atom stereocenters. The van der Waals surface area contributed by atoms with Gasteiger partial charge in [-0.25, -0.2) is 8.78 Å². The fourth-order valence-electron chi connectivity index (χ4n) is 1.86. The zero-order chi connectivity index (χ0) is 12.6. The second-order valence-electron chi connectivity index (χ2n) is 3.95. The van der Waals surface area contributed by atoms with Gasteiger partial charge in [-0.05, 0) is 27.9 Å². The highest BCUT2D eigenvalue weighted by Crippen LogP contribution is 2.34. The summed E-state index contributed by atoms with van der Waals surface area (Å²) in [5.74, 6) is -1.31. The number of amides is 1. The lowest BCUT2D eigenvalue weighted by Crippen LogP contribution is -2.25. The van der Waals surface area contributed by atoms with E-state index in [2.05, 4.69) is 31.9 Å². The number of hydrogen-bond donors (Lipinski definition) is 0. The summed E-state index contributed by atoms with van der Waals surface area (Å²) in [5.41, 5.74) is 0.260. The predicted octanol–water partition coefficient (Wildman–Crippen LogP) is 3.48. The second-order valence-corrected chi connectivity index (χ2v) is 5.39. The van der Waals surface area contributed by atoms with Crippen LogP contribution in [0.1, 0.15) is 6.42 Å². The maximum Gasteiger partial charge on any atom is 0.227 e. The van der Waals surface area contributed by atoms with Crippen LogP contribution in [0.2, 0.25) is 0 Å². The standard InChI is InChI=1S/C11H9Br2F2NO/c12-4-6-1-10(17)16(5-6)9-3-7(14)2-8(15)11(9)13/h2-3,6H,1,4-5H2. The predicted molar refractivity (Wildman–Crippen MR) is 68.3 cm³/mol. The van der Waals surface area contributed by atoms with E-state index in [1.807, 2.05) is 0 Å². The summed E-state index contributed by atoms with van der Waals surface area (Å²) in [6.45, 7) is 0.478. The maximum absolute atomic E-state index is 13.4. The number of alkyl halides is 1. The van der Waals surface area contributed by atoms with Crippen molar-refractivity contribution in [1.29, 1.82) is 0 Å². The molecule has 0 bridgehead atoms. The van der Waals surface area contributed by atoms with Crippen LogP contribution in [0, 0.1) is 17.6 Å². The second kappa shape index (κ2) is 5.02. The van der Waals surface area contributed by atoms with E-state index in [0.29, 0.717) is 18.3 Å². The Bertz CT molecular complexity index is 467. The summed E-state index contributed by atoms with van der Waals surface area (Å²) >= 11 is 6.36. The Balaban J connectivity index is 2.38. The van der Waals surface area contributed by atoms with Gasteiger partial charge in [-0.3, -0.25) is 4.79 Å². The molecule has 6 heteroatoms. The molecule has 92 valence electrons. The Morgan fingerprint density at radius 3 is 2.71 bits per heavy atom. The fraction of sp³-hybridized carbons (Fsp3) is 0.364. The van der Waals surface area contributed by atoms with Crippen LogP contribution in [0.4, 0.5) is 14.5 Å². The number of carbonyl (C=O) groups excluding carboxylic acids is 1. The smallest absolute Gasteiger partial charge is 0.227 e. The Morgan fingerprint density at radius 2 is 2.12 bits per heavy atom. The minimum absolute atomic E-state index is 0.111. The lowest BCUT2D eigenvalue weighted by molar-refractivity contribution is -0.117. The van der Waals surface area contributed by atoms with Gasteiger partial charge >= 0.3 is 0 Å². The van der Waals surface area contributed by atoms with Crippen LogP contribution in [0.3, 0.4) is 0 Å². The summed E-state index contributed by atoms with van der Waals surface area (Å²) < 4.78 is 26.7. The van der Waals surface area contributed by atoms with E-state index in [0.717, 1.165) is 6.07 Å². The van der Waals surface area contributed by atoms with Crippen LogP contribution in [0.15, 0.2) is 16.6 Å². The van der Waals surface area contributed by atoms with Gasteiger partial charge in [0.2, 0.25) is 5.91 Å². The van der Waals surface area contributed by atoms with E-state index >= 15 is 0 Å². The molecule has 1 amide bonds. The molecule has 0 aromatic heterocycles. The first-order valence-corrected chi connectivity index (χ1v) is 6.95. The lowest BCUT2D eigenvalue weighted by Gasteiger charge is -2.18. The summed E-state index contributed by atoms with van der Waals surface area (Å²) in [7, 11) is 0. The van der Waals surface area contributed by atoms with E-state index in [1.165, 1.54) is 11.0 Å². The molecule has 2 rings (SSSR count). The Hall–Kier alpha value is -0.490. The van der Waals surface area contributed by atoms with Crippen molar-refractivity contribution in [2.75, 3.05) is 16.8 Å². The van der Waals surface area contributed by atoms with Crippen LogP contribution < -0.4 is 4.90 Å². The van der Waals surface area contributed by atoms with E-state index in [4.69, 9.17) is 0 Å². The molecule has 0 aliphatic carbocycles. The van der Waals surface area contributed by atoms with E-state index in [9.17, 15) is 13.6 Å². The Labute approximate surface area is 114 Å². The number of carbonyl (C=O) groups is 1. The number of hydrogen-bond acceptors (Lipinski definition) is 1. The average Bonchev–Trinajstić information content (AvgIpc) is 2.65. The largest absolute Gasteiger partial charge is 0.311 e. The lowest BCUT2D eigenvalue weighted by atomic mass is 10.2. The van der Waals surface area contributed by atoms with Gasteiger partial charge in [-0.2, -0.15) is 0 Å². The topological polar surface area (TPSA) is 20.3 Å². The third kappa shape index (κ3) is 2.52. The van der Waals surface area contributed by atoms with Gasteiger partial charge in [0, 0.05) is 24.4 Å². The molecule has 1 aliphatic rings. The molecular formula is C11H9Br2F2NO. The first-order chi connectivity index (χ1) is 8.02. The molecular weight excluding hydrogens is 360 g/mol. The monoisotopic (exact) mass is 367 g/mol. The molecule has 0 radical (unpaired) electrons. The molecule has 2 nitrogen and oxygen atoms in total. The highest BCUT2D eigenvalue weighted by atomic mass is 79.9. The molecule has 1 aliphatic heterocycles. The molecule has 1 fully saturated rings. The molecule has 17 heavy (non-hydrogen) atoms. The highest BCUT2D eigenvalue weighted by molar-refractivity contribution is 9.10. The number of rotatable bonds is 2. The molecule has 1 atom stereocenters. The van der Waals surface area contributed by atoms with Gasteiger partial charge < -0.3 is 4.90 Å². The SMILES string of the molecule is O=C1CC(CBr)CN1c1cc(F)cc(F)c1Br. The summed E-state index contributed by atoms with van der Waals surface area (Å²) in [6, 6.07) is 1.96. The number of anilines is 1. The minimum atomic E-state index is -0.699. The summed E-state index contributed by atoms with van der Waals surface area (Å²) in [5, 5.41) is 0.699. The Morgan fingerprint density at radius 1 is 1.41 bits per heavy atom. The van der Waals surface area contributed by atoms with E-state index < -0.39 is 11.6 Å². The van der Waals surface area contributed by atoms with Gasteiger partial charge in [0.05, 0.1) is 10.2 Å². The molecule has 0 N–H and O–H groups in total. The Kier molecular flexibility index (Phi) is 3.82. The van der Waals surface area contributed by atoms with Gasteiger partial charge in [-0.15, -0.1) is 0 Å². The van der Waals surface area contributed by atoms with Crippen molar-refractivity contribution in [1.82, 2.24) is 0 Å². The normalized spacial score (nSPS) is 20.1. The third-order valence-electron chi connectivity index (χ3n) is 2.69. The number of nitrogens with zero attached hydrogens (tertiary/aromatic N) is 1. The quantitative estimate of drug-likeness (QED) is 0.578. The van der Waals surface area contributed by atoms with Crippen molar-refractivity contribution in [2.24, 2.45) is 5.92 Å². The van der Waals surface area contributed by atoms with Crippen LogP contribution in [0.5, 0.6) is 0 Å². The number of benzene rings is 1.